The van der Waals surface area contributed by atoms with Crippen LogP contribution in [0.15, 0.2) is 89.4 Å². The Morgan fingerprint density at radius 1 is 0.655 bits per heavy atom. The molecule has 0 spiro atoms. The van der Waals surface area contributed by atoms with Crippen molar-refractivity contribution >= 4 is 80.0 Å². The molecule has 5 aromatic carbocycles. The van der Waals surface area contributed by atoms with E-state index in [9.17, 15) is 0 Å². The van der Waals surface area contributed by atoms with Crippen LogP contribution in [-0.4, -0.2) is 4.57 Å². The number of hydrogen-bond acceptors (Lipinski definition) is 1. The van der Waals surface area contributed by atoms with Gasteiger partial charge in [-0.15, -0.1) is 11.3 Å². The van der Waals surface area contributed by atoms with Gasteiger partial charge in [0.05, 0.1) is 15.7 Å². The number of rotatable bonds is 1. The second kappa shape index (κ2) is 5.59. The van der Waals surface area contributed by atoms with Gasteiger partial charge in [-0.05, 0) is 57.0 Å². The fourth-order valence-electron chi connectivity index (χ4n) is 4.82. The van der Waals surface area contributed by atoms with Crippen LogP contribution in [0.4, 0.5) is 0 Å². The maximum Gasteiger partial charge on any atom is 0.0720 e. The van der Waals surface area contributed by atoms with Gasteiger partial charge < -0.3 is 4.57 Å². The molecule has 3 heteroatoms. The Morgan fingerprint density at radius 2 is 1.48 bits per heavy atom. The van der Waals surface area contributed by atoms with Gasteiger partial charge in [0.25, 0.3) is 0 Å². The van der Waals surface area contributed by atoms with Crippen molar-refractivity contribution in [2.45, 2.75) is 0 Å². The molecule has 7 rings (SSSR count). The molecule has 0 saturated carbocycles. The predicted molar refractivity (Wildman–Crippen MR) is 130 cm³/mol. The standard InChI is InChI=1S/C26H14BrNS/c27-20-10-5-9-18-19-14-16-13-12-15-6-4-11-21-22(15)23(16)26(29-21)25(19)28(24(18)20)17-7-2-1-3-8-17/h1-14H. The first-order valence-corrected chi connectivity index (χ1v) is 11.3. The Morgan fingerprint density at radius 3 is 2.38 bits per heavy atom. The summed E-state index contributed by atoms with van der Waals surface area (Å²) in [7, 11) is 0. The molecule has 0 aliphatic rings. The summed E-state index contributed by atoms with van der Waals surface area (Å²) in [6.45, 7) is 0. The lowest BCUT2D eigenvalue weighted by Crippen LogP contribution is -1.94. The first-order chi connectivity index (χ1) is 14.3. The molecule has 0 atom stereocenters. The molecule has 7 aromatic rings. The summed E-state index contributed by atoms with van der Waals surface area (Å²) >= 11 is 5.75. The van der Waals surface area contributed by atoms with Crippen molar-refractivity contribution in [3.05, 3.63) is 89.4 Å². The summed E-state index contributed by atoms with van der Waals surface area (Å²) in [6.07, 6.45) is 0. The maximum absolute atomic E-state index is 3.84. The molecule has 2 heterocycles. The first kappa shape index (κ1) is 16.0. The van der Waals surface area contributed by atoms with Crippen LogP contribution in [0.3, 0.4) is 0 Å². The van der Waals surface area contributed by atoms with Gasteiger partial charge in [-0.1, -0.05) is 54.6 Å². The molecular weight excluding hydrogens is 438 g/mol. The number of fused-ring (bicyclic) bond motifs is 4. The summed E-state index contributed by atoms with van der Waals surface area (Å²) in [4.78, 5) is 0. The van der Waals surface area contributed by atoms with E-state index in [4.69, 9.17) is 0 Å². The Kier molecular flexibility index (Phi) is 3.08. The van der Waals surface area contributed by atoms with Crippen LogP contribution in [-0.2, 0) is 0 Å². The lowest BCUT2D eigenvalue weighted by atomic mass is 10.00. The number of thiophene rings is 1. The van der Waals surface area contributed by atoms with Gasteiger partial charge >= 0.3 is 0 Å². The largest absolute Gasteiger partial charge is 0.307 e. The van der Waals surface area contributed by atoms with Gasteiger partial charge in [0.1, 0.15) is 0 Å². The minimum absolute atomic E-state index is 1.12. The lowest BCUT2D eigenvalue weighted by molar-refractivity contribution is 1.18. The normalized spacial score (nSPS) is 12.3. The average molecular weight is 452 g/mol. The smallest absolute Gasteiger partial charge is 0.0720 e. The predicted octanol–water partition coefficient (Wildman–Crippen LogP) is 8.51. The third kappa shape index (κ3) is 1.99. The van der Waals surface area contributed by atoms with Crippen LogP contribution in [0.25, 0.3) is 58.4 Å². The average Bonchev–Trinajstić information content (AvgIpc) is 3.31. The van der Waals surface area contributed by atoms with Crippen LogP contribution in [0.2, 0.25) is 0 Å². The summed E-state index contributed by atoms with van der Waals surface area (Å²) in [5.41, 5.74) is 3.73. The summed E-state index contributed by atoms with van der Waals surface area (Å²) < 4.78 is 6.29. The van der Waals surface area contributed by atoms with Crippen molar-refractivity contribution in [1.82, 2.24) is 4.57 Å². The highest BCUT2D eigenvalue weighted by atomic mass is 79.9. The van der Waals surface area contributed by atoms with Crippen LogP contribution >= 0.6 is 27.3 Å². The molecule has 29 heavy (non-hydrogen) atoms. The number of para-hydroxylation sites is 2. The third-order valence-corrected chi connectivity index (χ3v) is 7.79. The van der Waals surface area contributed by atoms with E-state index in [-0.39, 0.29) is 0 Å². The monoisotopic (exact) mass is 451 g/mol. The van der Waals surface area contributed by atoms with Gasteiger partial charge in [0.2, 0.25) is 0 Å². The molecule has 0 bridgehead atoms. The van der Waals surface area contributed by atoms with Gasteiger partial charge in [0.15, 0.2) is 0 Å². The zero-order chi connectivity index (χ0) is 19.1. The number of benzene rings is 5. The molecular formula is C26H14BrNS. The third-order valence-electron chi connectivity index (χ3n) is 5.99. The van der Waals surface area contributed by atoms with Crippen molar-refractivity contribution in [2.75, 3.05) is 0 Å². The molecule has 1 nitrogen and oxygen atoms in total. The molecule has 136 valence electrons. The van der Waals surface area contributed by atoms with E-state index < -0.39 is 0 Å². The zero-order valence-electron chi connectivity index (χ0n) is 15.3. The van der Waals surface area contributed by atoms with Gasteiger partial charge in [-0.25, -0.2) is 0 Å². The second-order valence-electron chi connectivity index (χ2n) is 7.53. The topological polar surface area (TPSA) is 4.93 Å². The summed E-state index contributed by atoms with van der Waals surface area (Å²) in [6, 6.07) is 30.8. The quantitative estimate of drug-likeness (QED) is 0.220. The summed E-state index contributed by atoms with van der Waals surface area (Å²) in [5.74, 6) is 0. The fourth-order valence-corrected chi connectivity index (χ4v) is 6.67. The maximum atomic E-state index is 3.84. The van der Waals surface area contributed by atoms with E-state index in [1.54, 1.807) is 0 Å². The number of nitrogens with zero attached hydrogens (tertiary/aromatic N) is 1. The number of halogens is 1. The minimum atomic E-state index is 1.12. The molecule has 0 fully saturated rings. The molecule has 0 aliphatic heterocycles. The van der Waals surface area contributed by atoms with Crippen LogP contribution in [0.5, 0.6) is 0 Å². The van der Waals surface area contributed by atoms with E-state index in [0.717, 1.165) is 4.47 Å². The van der Waals surface area contributed by atoms with Crippen molar-refractivity contribution in [3.63, 3.8) is 0 Å². The van der Waals surface area contributed by atoms with Gasteiger partial charge in [-0.2, -0.15) is 0 Å². The lowest BCUT2D eigenvalue weighted by Gasteiger charge is -2.10. The molecule has 0 radical (unpaired) electrons. The molecule has 0 unspecified atom stereocenters. The van der Waals surface area contributed by atoms with Crippen molar-refractivity contribution in [3.8, 4) is 5.69 Å². The highest BCUT2D eigenvalue weighted by Gasteiger charge is 2.21. The Bertz CT molecular complexity index is 1710. The van der Waals surface area contributed by atoms with E-state index in [0.29, 0.717) is 0 Å². The van der Waals surface area contributed by atoms with E-state index in [1.807, 2.05) is 11.3 Å². The van der Waals surface area contributed by atoms with Gasteiger partial charge in [-0.3, -0.25) is 0 Å². The molecule has 0 aliphatic carbocycles. The van der Waals surface area contributed by atoms with Crippen LogP contribution in [0, 0.1) is 0 Å². The Hall–Kier alpha value is -2.88. The van der Waals surface area contributed by atoms with E-state index >= 15 is 0 Å². The highest BCUT2D eigenvalue weighted by Crippen LogP contribution is 2.47. The van der Waals surface area contributed by atoms with Crippen LogP contribution < -0.4 is 0 Å². The molecule has 0 amide bonds. The fraction of sp³-hybridized carbons (Fsp3) is 0. The Labute approximate surface area is 179 Å². The first-order valence-electron chi connectivity index (χ1n) is 9.65. The SMILES string of the molecule is Brc1cccc2c3cc4ccc5cccc6sc(c4c56)c3n(-c3ccccc3)c12. The van der Waals surface area contributed by atoms with Gasteiger partial charge in [0, 0.05) is 36.4 Å². The summed E-state index contributed by atoms with van der Waals surface area (Å²) in [5, 5.41) is 8.04. The van der Waals surface area contributed by atoms with Crippen LogP contribution in [0.1, 0.15) is 0 Å². The second-order valence-corrected chi connectivity index (χ2v) is 9.44. The van der Waals surface area contributed by atoms with Crippen molar-refractivity contribution in [1.29, 1.82) is 0 Å². The number of aromatic nitrogens is 1. The van der Waals surface area contributed by atoms with E-state index in [1.165, 1.54) is 58.4 Å². The van der Waals surface area contributed by atoms with Crippen molar-refractivity contribution in [2.24, 2.45) is 0 Å². The Balaban J connectivity index is 1.85. The minimum Gasteiger partial charge on any atom is -0.307 e. The zero-order valence-corrected chi connectivity index (χ0v) is 17.7. The molecule has 2 aromatic heterocycles. The van der Waals surface area contributed by atoms with E-state index in [2.05, 4.69) is 105 Å². The molecule has 0 saturated heterocycles. The number of hydrogen-bond donors (Lipinski definition) is 0. The highest BCUT2D eigenvalue weighted by molar-refractivity contribution is 9.10. The van der Waals surface area contributed by atoms with Crippen molar-refractivity contribution < 1.29 is 0 Å². The molecule has 0 N–H and O–H groups in total.